The fraction of sp³-hybridized carbons (Fsp3) is 0.250. The van der Waals surface area contributed by atoms with Crippen molar-refractivity contribution in [3.63, 3.8) is 0 Å². The Hall–Kier alpha value is -3.39. The fourth-order valence-corrected chi connectivity index (χ4v) is 3.14. The van der Waals surface area contributed by atoms with E-state index < -0.39 is 0 Å². The highest BCUT2D eigenvalue weighted by atomic mass is 16.5. The topological polar surface area (TPSA) is 87.5 Å². The van der Waals surface area contributed by atoms with Crippen molar-refractivity contribution in [3.05, 3.63) is 65.5 Å². The molecule has 1 aromatic heterocycles. The largest absolute Gasteiger partial charge is 0.497 e. The number of ether oxygens (including phenoxy) is 3. The molecule has 28 heavy (non-hydrogen) atoms. The van der Waals surface area contributed by atoms with E-state index in [1.165, 1.54) is 0 Å². The number of nitrogens with one attached hydrogen (secondary N) is 1. The normalized spacial score (nSPS) is 15.6. The van der Waals surface area contributed by atoms with Crippen LogP contribution in [0.1, 0.15) is 27.8 Å². The molecule has 0 spiro atoms. The van der Waals surface area contributed by atoms with E-state index in [9.17, 15) is 4.79 Å². The first-order valence-corrected chi connectivity index (χ1v) is 8.82. The molecule has 1 aliphatic heterocycles. The smallest absolute Gasteiger partial charge is 0.278 e. The van der Waals surface area contributed by atoms with E-state index in [4.69, 9.17) is 14.2 Å². The molecule has 0 aliphatic carbocycles. The number of para-hydroxylation sites is 2. The Morgan fingerprint density at radius 1 is 1.14 bits per heavy atom. The van der Waals surface area contributed by atoms with E-state index in [-0.39, 0.29) is 24.3 Å². The molecule has 0 saturated heterocycles. The highest BCUT2D eigenvalue weighted by Crippen LogP contribution is 2.29. The van der Waals surface area contributed by atoms with Gasteiger partial charge < -0.3 is 19.5 Å². The molecule has 1 N–H and O–H groups in total. The summed E-state index contributed by atoms with van der Waals surface area (Å²) in [5.74, 6) is 1.02. The number of carbonyl (C=O) groups excluding carboxylic acids is 1. The number of carbonyl (C=O) groups is 1. The summed E-state index contributed by atoms with van der Waals surface area (Å²) < 4.78 is 18.1. The van der Waals surface area contributed by atoms with Crippen LogP contribution >= 0.6 is 0 Å². The van der Waals surface area contributed by atoms with Crippen molar-refractivity contribution < 1.29 is 19.0 Å². The molecule has 3 aromatic rings. The van der Waals surface area contributed by atoms with Gasteiger partial charge in [0, 0.05) is 0 Å². The van der Waals surface area contributed by atoms with Gasteiger partial charge in [-0.05, 0) is 29.8 Å². The lowest BCUT2D eigenvalue weighted by Gasteiger charge is -2.24. The first-order chi connectivity index (χ1) is 13.7. The van der Waals surface area contributed by atoms with Crippen LogP contribution in [0.2, 0.25) is 0 Å². The zero-order valence-corrected chi connectivity index (χ0v) is 15.6. The van der Waals surface area contributed by atoms with Gasteiger partial charge in [-0.25, -0.2) is 4.68 Å². The number of amides is 1. The lowest BCUT2D eigenvalue weighted by molar-refractivity contribution is -0.00173. The fourth-order valence-electron chi connectivity index (χ4n) is 3.14. The maximum absolute atomic E-state index is 12.7. The number of aromatic nitrogens is 3. The minimum Gasteiger partial charge on any atom is -0.497 e. The zero-order chi connectivity index (χ0) is 19.5. The molecular weight excluding hydrogens is 360 g/mol. The summed E-state index contributed by atoms with van der Waals surface area (Å²) in [6.45, 7) is 0.731. The van der Waals surface area contributed by atoms with Crippen LogP contribution in [0.4, 0.5) is 5.69 Å². The predicted octanol–water partition coefficient (Wildman–Crippen LogP) is 2.82. The summed E-state index contributed by atoms with van der Waals surface area (Å²) in [7, 11) is 3.18. The van der Waals surface area contributed by atoms with Crippen molar-refractivity contribution in [3.8, 4) is 11.5 Å². The maximum atomic E-state index is 12.7. The van der Waals surface area contributed by atoms with Crippen LogP contribution in [0.3, 0.4) is 0 Å². The Balaban J connectivity index is 1.51. The Kier molecular flexibility index (Phi) is 4.94. The summed E-state index contributed by atoms with van der Waals surface area (Å²) in [4.78, 5) is 12.7. The van der Waals surface area contributed by atoms with Crippen molar-refractivity contribution >= 4 is 11.6 Å². The molecule has 1 amide bonds. The van der Waals surface area contributed by atoms with Crippen LogP contribution in [-0.4, -0.2) is 35.1 Å². The summed E-state index contributed by atoms with van der Waals surface area (Å²) >= 11 is 0. The van der Waals surface area contributed by atoms with Crippen LogP contribution in [0.5, 0.6) is 11.5 Å². The number of hydrogen-bond donors (Lipinski definition) is 1. The molecule has 8 nitrogen and oxygen atoms in total. The molecule has 144 valence electrons. The monoisotopic (exact) mass is 380 g/mol. The summed E-state index contributed by atoms with van der Waals surface area (Å²) in [6.07, 6.45) is -0.162. The van der Waals surface area contributed by atoms with E-state index in [2.05, 4.69) is 15.6 Å². The van der Waals surface area contributed by atoms with Gasteiger partial charge in [0.05, 0.1) is 38.8 Å². The second kappa shape index (κ2) is 7.69. The lowest BCUT2D eigenvalue weighted by Crippen LogP contribution is -2.24. The van der Waals surface area contributed by atoms with E-state index in [0.29, 0.717) is 23.7 Å². The number of anilines is 1. The van der Waals surface area contributed by atoms with E-state index in [1.54, 1.807) is 31.0 Å². The molecular formula is C20H20N4O4. The number of fused-ring (bicyclic) bond motifs is 1. The summed E-state index contributed by atoms with van der Waals surface area (Å²) in [6, 6.07) is 14.9. The molecule has 0 unspecified atom stereocenters. The van der Waals surface area contributed by atoms with Gasteiger partial charge in [-0.1, -0.05) is 29.5 Å². The van der Waals surface area contributed by atoms with Gasteiger partial charge in [-0.3, -0.25) is 4.79 Å². The van der Waals surface area contributed by atoms with Crippen LogP contribution in [0, 0.1) is 0 Å². The minimum atomic E-state index is -0.350. The van der Waals surface area contributed by atoms with E-state index >= 15 is 0 Å². The third-order valence-corrected chi connectivity index (χ3v) is 4.66. The highest BCUT2D eigenvalue weighted by molar-refractivity contribution is 6.04. The SMILES string of the molecule is COc1ccc([C@H]2Cn3nnc(C(=O)Nc4ccccc4OC)c3CO2)cc1. The third-order valence-electron chi connectivity index (χ3n) is 4.66. The van der Waals surface area contributed by atoms with Gasteiger partial charge in [0.15, 0.2) is 5.69 Å². The van der Waals surface area contributed by atoms with Gasteiger partial charge >= 0.3 is 0 Å². The average Bonchev–Trinajstić information content (AvgIpc) is 3.17. The third kappa shape index (κ3) is 3.41. The summed E-state index contributed by atoms with van der Waals surface area (Å²) in [5, 5.41) is 11.0. The summed E-state index contributed by atoms with van der Waals surface area (Å²) in [5.41, 5.74) is 2.49. The lowest BCUT2D eigenvalue weighted by atomic mass is 10.1. The quantitative estimate of drug-likeness (QED) is 0.732. The Labute approximate surface area is 162 Å². The first-order valence-electron chi connectivity index (χ1n) is 8.82. The molecule has 2 aromatic carbocycles. The van der Waals surface area contributed by atoms with Crippen LogP contribution in [-0.2, 0) is 17.9 Å². The Morgan fingerprint density at radius 3 is 2.68 bits per heavy atom. The van der Waals surface area contributed by atoms with Gasteiger partial charge in [-0.15, -0.1) is 5.10 Å². The van der Waals surface area contributed by atoms with Crippen molar-refractivity contribution in [1.29, 1.82) is 0 Å². The standard InChI is InChI=1S/C20H20N4O4/c1-26-14-9-7-13(8-10-14)18-11-24-16(12-28-18)19(22-23-24)20(25)21-15-5-3-4-6-17(15)27-2/h3-10,18H,11-12H2,1-2H3,(H,21,25)/t18-/m1/s1. The molecule has 1 aliphatic rings. The number of rotatable bonds is 5. The number of methoxy groups -OCH3 is 2. The molecule has 4 rings (SSSR count). The van der Waals surface area contributed by atoms with E-state index in [1.807, 2.05) is 36.4 Å². The second-order valence-corrected chi connectivity index (χ2v) is 6.29. The van der Waals surface area contributed by atoms with Gasteiger partial charge in [0.2, 0.25) is 0 Å². The molecule has 0 fully saturated rings. The van der Waals surface area contributed by atoms with Crippen molar-refractivity contribution in [2.75, 3.05) is 19.5 Å². The molecule has 1 atom stereocenters. The van der Waals surface area contributed by atoms with Crippen LogP contribution < -0.4 is 14.8 Å². The minimum absolute atomic E-state index is 0.162. The van der Waals surface area contributed by atoms with Crippen LogP contribution in [0.25, 0.3) is 0 Å². The zero-order valence-electron chi connectivity index (χ0n) is 15.6. The van der Waals surface area contributed by atoms with Crippen molar-refractivity contribution in [2.45, 2.75) is 19.3 Å². The molecule has 0 radical (unpaired) electrons. The predicted molar refractivity (Wildman–Crippen MR) is 101 cm³/mol. The molecule has 2 heterocycles. The Bertz CT molecular complexity index is 984. The van der Waals surface area contributed by atoms with Gasteiger partial charge in [0.1, 0.15) is 17.6 Å². The van der Waals surface area contributed by atoms with Gasteiger partial charge in [-0.2, -0.15) is 0 Å². The first kappa shape index (κ1) is 18.0. The highest BCUT2D eigenvalue weighted by Gasteiger charge is 2.28. The van der Waals surface area contributed by atoms with E-state index in [0.717, 1.165) is 11.3 Å². The maximum Gasteiger partial charge on any atom is 0.278 e. The number of nitrogens with zero attached hydrogens (tertiary/aromatic N) is 3. The van der Waals surface area contributed by atoms with Crippen molar-refractivity contribution in [1.82, 2.24) is 15.0 Å². The molecule has 0 bridgehead atoms. The number of hydrogen-bond acceptors (Lipinski definition) is 6. The Morgan fingerprint density at radius 2 is 1.93 bits per heavy atom. The number of benzene rings is 2. The second-order valence-electron chi connectivity index (χ2n) is 6.29. The average molecular weight is 380 g/mol. The van der Waals surface area contributed by atoms with Gasteiger partial charge in [0.25, 0.3) is 5.91 Å². The molecule has 8 heteroatoms. The molecule has 0 saturated carbocycles. The van der Waals surface area contributed by atoms with Crippen molar-refractivity contribution in [2.24, 2.45) is 0 Å². The van der Waals surface area contributed by atoms with Crippen LogP contribution in [0.15, 0.2) is 48.5 Å².